The third-order valence-corrected chi connectivity index (χ3v) is 2.88. The fourth-order valence-electron chi connectivity index (χ4n) is 1.74. The number of nitrogens with zero attached hydrogens (tertiary/aromatic N) is 2. The molecule has 0 spiro atoms. The van der Waals surface area contributed by atoms with Crippen molar-refractivity contribution >= 4 is 0 Å². The first kappa shape index (κ1) is 13.7. The summed E-state index contributed by atoms with van der Waals surface area (Å²) in [5, 5.41) is 8.53. The summed E-state index contributed by atoms with van der Waals surface area (Å²) in [6.07, 6.45) is 0.594. The van der Waals surface area contributed by atoms with Crippen LogP contribution in [0.15, 0.2) is 24.3 Å². The fourth-order valence-corrected chi connectivity index (χ4v) is 1.74. The molecular weight excluding hydrogens is 208 g/mol. The average molecular weight is 230 g/mol. The van der Waals surface area contributed by atoms with Crippen molar-refractivity contribution in [2.45, 2.75) is 39.2 Å². The minimum atomic E-state index is 0.214. The van der Waals surface area contributed by atoms with Crippen LogP contribution in [0.2, 0.25) is 0 Å². The lowest BCUT2D eigenvalue weighted by Crippen LogP contribution is -2.19. The molecule has 0 aromatic heterocycles. The molecule has 0 aliphatic rings. The Morgan fingerprint density at radius 1 is 1.18 bits per heavy atom. The van der Waals surface area contributed by atoms with Gasteiger partial charge in [0.25, 0.3) is 0 Å². The number of rotatable bonds is 4. The summed E-state index contributed by atoms with van der Waals surface area (Å²) >= 11 is 0. The molecule has 0 fully saturated rings. The molecule has 2 nitrogen and oxygen atoms in total. The molecule has 17 heavy (non-hydrogen) atoms. The van der Waals surface area contributed by atoms with Gasteiger partial charge in [0.1, 0.15) is 0 Å². The predicted molar refractivity (Wildman–Crippen MR) is 71.7 cm³/mol. The van der Waals surface area contributed by atoms with E-state index < -0.39 is 0 Å². The minimum absolute atomic E-state index is 0.214. The Balaban J connectivity index is 2.60. The molecule has 0 saturated heterocycles. The molecule has 0 unspecified atom stereocenters. The van der Waals surface area contributed by atoms with Gasteiger partial charge in [-0.1, -0.05) is 45.0 Å². The third kappa shape index (κ3) is 4.58. The Morgan fingerprint density at radius 2 is 1.76 bits per heavy atom. The molecule has 0 heterocycles. The molecule has 1 aromatic carbocycles. The van der Waals surface area contributed by atoms with Crippen molar-refractivity contribution in [1.29, 1.82) is 5.26 Å². The van der Waals surface area contributed by atoms with Crippen LogP contribution < -0.4 is 0 Å². The van der Waals surface area contributed by atoms with Gasteiger partial charge < -0.3 is 4.90 Å². The molecule has 0 aliphatic heterocycles. The summed E-state index contributed by atoms with van der Waals surface area (Å²) in [6.45, 7) is 8.41. The highest BCUT2D eigenvalue weighted by Crippen LogP contribution is 2.22. The molecule has 1 aromatic rings. The summed E-state index contributed by atoms with van der Waals surface area (Å²) in [4.78, 5) is 2.18. The SMILES string of the molecule is CN(CCC#N)Cc1ccc(C(C)(C)C)cc1. The Hall–Kier alpha value is -1.33. The van der Waals surface area contributed by atoms with Gasteiger partial charge in [-0.3, -0.25) is 0 Å². The van der Waals surface area contributed by atoms with E-state index in [1.807, 2.05) is 0 Å². The van der Waals surface area contributed by atoms with Gasteiger partial charge in [0.05, 0.1) is 6.07 Å². The second-order valence-electron chi connectivity index (χ2n) is 5.59. The van der Waals surface area contributed by atoms with Gasteiger partial charge in [0.2, 0.25) is 0 Å². The van der Waals surface area contributed by atoms with E-state index in [9.17, 15) is 0 Å². The van der Waals surface area contributed by atoms with Crippen LogP contribution in [0.3, 0.4) is 0 Å². The Kier molecular flexibility index (Phi) is 4.72. The van der Waals surface area contributed by atoms with E-state index in [0.29, 0.717) is 6.42 Å². The summed E-state index contributed by atoms with van der Waals surface area (Å²) < 4.78 is 0. The molecule has 1 rings (SSSR count). The topological polar surface area (TPSA) is 27.0 Å². The first-order valence-electron chi connectivity index (χ1n) is 6.08. The summed E-state index contributed by atoms with van der Waals surface area (Å²) in [6, 6.07) is 10.9. The molecule has 0 amide bonds. The highest BCUT2D eigenvalue weighted by atomic mass is 15.1. The molecule has 0 radical (unpaired) electrons. The average Bonchev–Trinajstić information content (AvgIpc) is 2.26. The quantitative estimate of drug-likeness (QED) is 0.793. The summed E-state index contributed by atoms with van der Waals surface area (Å²) in [5.74, 6) is 0. The molecule has 0 bridgehead atoms. The molecule has 0 aliphatic carbocycles. The van der Waals surface area contributed by atoms with Gasteiger partial charge in [-0.2, -0.15) is 5.26 Å². The molecule has 0 atom stereocenters. The molecular formula is C15H22N2. The van der Waals surface area contributed by atoms with Crippen LogP contribution in [0, 0.1) is 11.3 Å². The zero-order valence-electron chi connectivity index (χ0n) is 11.3. The van der Waals surface area contributed by atoms with Crippen LogP contribution in [0.25, 0.3) is 0 Å². The van der Waals surface area contributed by atoms with E-state index in [1.54, 1.807) is 0 Å². The van der Waals surface area contributed by atoms with E-state index in [1.165, 1.54) is 11.1 Å². The number of hydrogen-bond donors (Lipinski definition) is 0. The standard InChI is InChI=1S/C15H22N2/c1-15(2,3)14-8-6-13(7-9-14)12-17(4)11-5-10-16/h6-9H,5,11-12H2,1-4H3. The Bertz CT molecular complexity index is 379. The summed E-state index contributed by atoms with van der Waals surface area (Å²) in [5.41, 5.74) is 2.88. The first-order valence-corrected chi connectivity index (χ1v) is 6.08. The number of nitriles is 1. The monoisotopic (exact) mass is 230 g/mol. The van der Waals surface area contributed by atoms with Crippen LogP contribution in [-0.2, 0) is 12.0 Å². The van der Waals surface area contributed by atoms with Gasteiger partial charge in [-0.15, -0.1) is 0 Å². The van der Waals surface area contributed by atoms with Crippen LogP contribution >= 0.6 is 0 Å². The van der Waals surface area contributed by atoms with Crippen LogP contribution in [0.4, 0.5) is 0 Å². The molecule has 2 heteroatoms. The maximum Gasteiger partial charge on any atom is 0.0635 e. The van der Waals surface area contributed by atoms with Crippen molar-refractivity contribution in [3.63, 3.8) is 0 Å². The molecule has 92 valence electrons. The van der Waals surface area contributed by atoms with E-state index in [2.05, 4.69) is 63.1 Å². The highest BCUT2D eigenvalue weighted by Gasteiger charge is 2.12. The van der Waals surface area contributed by atoms with Crippen molar-refractivity contribution in [3.05, 3.63) is 35.4 Å². The third-order valence-electron chi connectivity index (χ3n) is 2.88. The van der Waals surface area contributed by atoms with E-state index in [-0.39, 0.29) is 5.41 Å². The lowest BCUT2D eigenvalue weighted by atomic mass is 9.87. The van der Waals surface area contributed by atoms with Crippen molar-refractivity contribution in [3.8, 4) is 6.07 Å². The first-order chi connectivity index (χ1) is 7.93. The number of hydrogen-bond acceptors (Lipinski definition) is 2. The van der Waals surface area contributed by atoms with E-state index >= 15 is 0 Å². The smallest absolute Gasteiger partial charge is 0.0635 e. The van der Waals surface area contributed by atoms with Gasteiger partial charge in [-0.25, -0.2) is 0 Å². The van der Waals surface area contributed by atoms with Crippen molar-refractivity contribution in [2.75, 3.05) is 13.6 Å². The fraction of sp³-hybridized carbons (Fsp3) is 0.533. The highest BCUT2D eigenvalue weighted by molar-refractivity contribution is 5.27. The van der Waals surface area contributed by atoms with Gasteiger partial charge in [0.15, 0.2) is 0 Å². The molecule has 0 saturated carbocycles. The minimum Gasteiger partial charge on any atom is -0.301 e. The lowest BCUT2D eigenvalue weighted by molar-refractivity contribution is 0.335. The second kappa shape index (κ2) is 5.84. The normalized spacial score (nSPS) is 11.5. The Morgan fingerprint density at radius 3 is 2.24 bits per heavy atom. The predicted octanol–water partition coefficient (Wildman–Crippen LogP) is 3.33. The lowest BCUT2D eigenvalue weighted by Gasteiger charge is -2.20. The van der Waals surface area contributed by atoms with Gasteiger partial charge in [-0.05, 0) is 23.6 Å². The molecule has 0 N–H and O–H groups in total. The zero-order chi connectivity index (χ0) is 12.9. The maximum atomic E-state index is 8.53. The zero-order valence-corrected chi connectivity index (χ0v) is 11.3. The van der Waals surface area contributed by atoms with E-state index in [4.69, 9.17) is 5.26 Å². The van der Waals surface area contributed by atoms with Crippen LogP contribution in [0.5, 0.6) is 0 Å². The number of benzene rings is 1. The van der Waals surface area contributed by atoms with Crippen molar-refractivity contribution in [2.24, 2.45) is 0 Å². The van der Waals surface area contributed by atoms with Crippen LogP contribution in [0.1, 0.15) is 38.3 Å². The Labute approximate surface area is 105 Å². The van der Waals surface area contributed by atoms with Crippen LogP contribution in [-0.4, -0.2) is 18.5 Å². The van der Waals surface area contributed by atoms with Gasteiger partial charge >= 0.3 is 0 Å². The largest absolute Gasteiger partial charge is 0.301 e. The van der Waals surface area contributed by atoms with Crippen molar-refractivity contribution in [1.82, 2.24) is 4.90 Å². The second-order valence-corrected chi connectivity index (χ2v) is 5.59. The van der Waals surface area contributed by atoms with E-state index in [0.717, 1.165) is 13.1 Å². The van der Waals surface area contributed by atoms with Crippen molar-refractivity contribution < 1.29 is 0 Å². The summed E-state index contributed by atoms with van der Waals surface area (Å²) in [7, 11) is 2.05. The van der Waals surface area contributed by atoms with Gasteiger partial charge in [0, 0.05) is 19.5 Å². The maximum absolute atomic E-state index is 8.53.